The van der Waals surface area contributed by atoms with Crippen molar-refractivity contribution in [2.45, 2.75) is 0 Å². The highest BCUT2D eigenvalue weighted by Gasteiger charge is 1.95. The molecule has 0 saturated carbocycles. The number of primary amides is 2. The van der Waals surface area contributed by atoms with Gasteiger partial charge in [-0.3, -0.25) is 4.79 Å². The van der Waals surface area contributed by atoms with Gasteiger partial charge in [0.2, 0.25) is 5.91 Å². The molecule has 5 N–H and O–H groups in total. The molecule has 0 bridgehead atoms. The Morgan fingerprint density at radius 3 is 2.60 bits per heavy atom. The van der Waals surface area contributed by atoms with Gasteiger partial charge in [-0.15, -0.1) is 0 Å². The summed E-state index contributed by atoms with van der Waals surface area (Å²) in [5, 5.41) is 2.42. The first-order chi connectivity index (χ1) is 7.08. The predicted octanol–water partition coefficient (Wildman–Crippen LogP) is 0.676. The Kier molecular flexibility index (Phi) is 3.45. The van der Waals surface area contributed by atoms with Gasteiger partial charge in [-0.2, -0.15) is 0 Å². The van der Waals surface area contributed by atoms with Gasteiger partial charge in [0.15, 0.2) is 0 Å². The third kappa shape index (κ3) is 3.95. The number of benzene rings is 1. The summed E-state index contributed by atoms with van der Waals surface area (Å²) in [5.41, 5.74) is 11.2. The maximum Gasteiger partial charge on any atom is 0.316 e. The van der Waals surface area contributed by atoms with Gasteiger partial charge in [-0.05, 0) is 23.8 Å². The fraction of sp³-hybridized carbons (Fsp3) is 0. The van der Waals surface area contributed by atoms with E-state index >= 15 is 0 Å². The number of nitrogens with two attached hydrogens (primary N) is 2. The number of hydrogen-bond acceptors (Lipinski definition) is 2. The number of carbonyl (C=O) groups is 2. The molecule has 0 saturated heterocycles. The maximum absolute atomic E-state index is 10.6. The Balaban J connectivity index is 2.82. The van der Waals surface area contributed by atoms with E-state index in [1.54, 1.807) is 30.3 Å². The number of carbonyl (C=O) groups excluding carboxylic acids is 2. The molecular formula is C10H11N3O2. The minimum Gasteiger partial charge on any atom is -0.366 e. The van der Waals surface area contributed by atoms with Gasteiger partial charge in [0.25, 0.3) is 0 Å². The van der Waals surface area contributed by atoms with Crippen LogP contribution in [0.1, 0.15) is 5.56 Å². The van der Waals surface area contributed by atoms with Crippen LogP contribution in [-0.2, 0) is 4.79 Å². The SMILES string of the molecule is NC(=O)C=Cc1cccc(NC(N)=O)c1. The smallest absolute Gasteiger partial charge is 0.316 e. The van der Waals surface area contributed by atoms with Gasteiger partial charge in [0, 0.05) is 11.8 Å². The standard InChI is InChI=1S/C10H11N3O2/c11-9(14)5-4-7-2-1-3-8(6-7)13-10(12)15/h1-6H,(H2,11,14)(H3,12,13,15). The van der Waals surface area contributed by atoms with Crippen LogP contribution in [0.2, 0.25) is 0 Å². The Hall–Kier alpha value is -2.30. The Bertz CT molecular complexity index is 413. The fourth-order valence-corrected chi connectivity index (χ4v) is 1.04. The molecule has 0 aliphatic rings. The van der Waals surface area contributed by atoms with Gasteiger partial charge in [0.05, 0.1) is 0 Å². The van der Waals surface area contributed by atoms with Crippen molar-refractivity contribution in [2.24, 2.45) is 11.5 Å². The van der Waals surface area contributed by atoms with Crippen LogP contribution in [0.4, 0.5) is 10.5 Å². The minimum absolute atomic E-state index is 0.525. The summed E-state index contributed by atoms with van der Waals surface area (Å²) in [6.07, 6.45) is 2.79. The first-order valence-electron chi connectivity index (χ1n) is 4.22. The van der Waals surface area contributed by atoms with Crippen molar-refractivity contribution in [3.05, 3.63) is 35.9 Å². The van der Waals surface area contributed by atoms with E-state index in [-0.39, 0.29) is 0 Å². The summed E-state index contributed by atoms with van der Waals surface area (Å²) in [7, 11) is 0. The van der Waals surface area contributed by atoms with Crippen molar-refractivity contribution in [1.82, 2.24) is 0 Å². The molecule has 15 heavy (non-hydrogen) atoms. The van der Waals surface area contributed by atoms with E-state index in [4.69, 9.17) is 11.5 Å². The highest BCUT2D eigenvalue weighted by molar-refractivity contribution is 5.91. The lowest BCUT2D eigenvalue weighted by Gasteiger charge is -2.01. The molecule has 78 valence electrons. The number of urea groups is 1. The molecule has 0 aliphatic heterocycles. The van der Waals surface area contributed by atoms with Crippen molar-refractivity contribution in [3.63, 3.8) is 0 Å². The molecule has 5 nitrogen and oxygen atoms in total. The van der Waals surface area contributed by atoms with Crippen molar-refractivity contribution in [1.29, 1.82) is 0 Å². The molecule has 0 aliphatic carbocycles. The number of rotatable bonds is 3. The zero-order valence-electron chi connectivity index (χ0n) is 7.94. The lowest BCUT2D eigenvalue weighted by atomic mass is 10.2. The second kappa shape index (κ2) is 4.80. The molecule has 1 aromatic rings. The van der Waals surface area contributed by atoms with Crippen LogP contribution in [0.3, 0.4) is 0 Å². The first-order valence-corrected chi connectivity index (χ1v) is 4.22. The molecular weight excluding hydrogens is 194 g/mol. The second-order valence-electron chi connectivity index (χ2n) is 2.85. The molecule has 1 aromatic carbocycles. The molecule has 0 spiro atoms. The number of anilines is 1. The molecule has 3 amide bonds. The fourth-order valence-electron chi connectivity index (χ4n) is 1.04. The van der Waals surface area contributed by atoms with Gasteiger partial charge in [-0.25, -0.2) is 4.79 Å². The van der Waals surface area contributed by atoms with E-state index in [2.05, 4.69) is 5.32 Å². The molecule has 0 fully saturated rings. The average molecular weight is 205 g/mol. The third-order valence-corrected chi connectivity index (χ3v) is 1.59. The summed E-state index contributed by atoms with van der Waals surface area (Å²) in [4.78, 5) is 21.0. The topological polar surface area (TPSA) is 98.2 Å². The molecule has 0 heterocycles. The number of hydrogen-bond donors (Lipinski definition) is 3. The van der Waals surface area contributed by atoms with Crippen molar-refractivity contribution >= 4 is 23.7 Å². The van der Waals surface area contributed by atoms with Crippen molar-refractivity contribution < 1.29 is 9.59 Å². The van der Waals surface area contributed by atoms with Crippen LogP contribution in [0.5, 0.6) is 0 Å². The largest absolute Gasteiger partial charge is 0.366 e. The Morgan fingerprint density at radius 1 is 1.27 bits per heavy atom. The second-order valence-corrected chi connectivity index (χ2v) is 2.85. The quantitative estimate of drug-likeness (QED) is 0.632. The number of amides is 3. The highest BCUT2D eigenvalue weighted by Crippen LogP contribution is 2.11. The Labute approximate surface area is 86.8 Å². The van der Waals surface area contributed by atoms with Crippen molar-refractivity contribution in [3.8, 4) is 0 Å². The first kappa shape index (κ1) is 10.8. The van der Waals surface area contributed by atoms with Crippen LogP contribution in [0.15, 0.2) is 30.3 Å². The highest BCUT2D eigenvalue weighted by atomic mass is 16.2. The lowest BCUT2D eigenvalue weighted by molar-refractivity contribution is -0.113. The van der Waals surface area contributed by atoms with E-state index in [0.29, 0.717) is 5.69 Å². The Morgan fingerprint density at radius 2 is 2.00 bits per heavy atom. The van der Waals surface area contributed by atoms with Crippen LogP contribution in [0, 0.1) is 0 Å². The monoisotopic (exact) mass is 205 g/mol. The van der Waals surface area contributed by atoms with Crippen LogP contribution in [0.25, 0.3) is 6.08 Å². The normalized spacial score (nSPS) is 10.1. The molecule has 0 atom stereocenters. The molecule has 0 aromatic heterocycles. The summed E-state index contributed by atoms with van der Waals surface area (Å²) in [6.45, 7) is 0. The van der Waals surface area contributed by atoms with Crippen molar-refractivity contribution in [2.75, 3.05) is 5.32 Å². The summed E-state index contributed by atoms with van der Waals surface area (Å²) in [5.74, 6) is -0.525. The zero-order chi connectivity index (χ0) is 11.3. The van der Waals surface area contributed by atoms with Crippen LogP contribution < -0.4 is 16.8 Å². The van der Waals surface area contributed by atoms with Gasteiger partial charge >= 0.3 is 6.03 Å². The summed E-state index contributed by atoms with van der Waals surface area (Å²) < 4.78 is 0. The zero-order valence-corrected chi connectivity index (χ0v) is 7.94. The third-order valence-electron chi connectivity index (χ3n) is 1.59. The van der Waals surface area contributed by atoms with E-state index in [0.717, 1.165) is 5.56 Å². The maximum atomic E-state index is 10.6. The molecule has 0 unspecified atom stereocenters. The molecule has 0 radical (unpaired) electrons. The lowest BCUT2D eigenvalue weighted by Crippen LogP contribution is -2.19. The van der Waals surface area contributed by atoms with Gasteiger partial charge in [0.1, 0.15) is 0 Å². The number of nitrogens with one attached hydrogen (secondary N) is 1. The van der Waals surface area contributed by atoms with Crippen LogP contribution >= 0.6 is 0 Å². The minimum atomic E-state index is -0.633. The van der Waals surface area contributed by atoms with Crippen LogP contribution in [-0.4, -0.2) is 11.9 Å². The molecule has 5 heteroatoms. The van der Waals surface area contributed by atoms with E-state index < -0.39 is 11.9 Å². The van der Waals surface area contributed by atoms with E-state index in [1.165, 1.54) is 6.08 Å². The van der Waals surface area contributed by atoms with Gasteiger partial charge < -0.3 is 16.8 Å². The predicted molar refractivity (Wildman–Crippen MR) is 57.9 cm³/mol. The van der Waals surface area contributed by atoms with E-state index in [9.17, 15) is 9.59 Å². The average Bonchev–Trinajstić information content (AvgIpc) is 2.14. The summed E-state index contributed by atoms with van der Waals surface area (Å²) >= 11 is 0. The summed E-state index contributed by atoms with van der Waals surface area (Å²) in [6, 6.07) is 6.22. The molecule has 1 rings (SSSR count). The van der Waals surface area contributed by atoms with Gasteiger partial charge in [-0.1, -0.05) is 12.1 Å². The van der Waals surface area contributed by atoms with E-state index in [1.807, 2.05) is 0 Å².